The van der Waals surface area contributed by atoms with Crippen LogP contribution in [0.5, 0.6) is 0 Å². The van der Waals surface area contributed by atoms with Gasteiger partial charge in [-0.1, -0.05) is 18.6 Å². The Balaban J connectivity index is 2.01. The fourth-order valence-corrected chi connectivity index (χ4v) is 2.77. The Morgan fingerprint density at radius 2 is 2.06 bits per heavy atom. The van der Waals surface area contributed by atoms with Crippen molar-refractivity contribution in [2.45, 2.75) is 19.3 Å². The second-order valence-electron chi connectivity index (χ2n) is 4.28. The third-order valence-electron chi connectivity index (χ3n) is 2.91. The van der Waals surface area contributed by atoms with Gasteiger partial charge in [0.25, 0.3) is 0 Å². The van der Waals surface area contributed by atoms with Crippen LogP contribution in [-0.2, 0) is 0 Å². The van der Waals surface area contributed by atoms with E-state index in [1.54, 1.807) is 11.5 Å². The Morgan fingerprint density at radius 1 is 1.24 bits per heavy atom. The van der Waals surface area contributed by atoms with E-state index in [1.807, 2.05) is 6.07 Å². The molecule has 0 aliphatic carbocycles. The summed E-state index contributed by atoms with van der Waals surface area (Å²) >= 11 is 1.59. The number of aromatic nitrogens is 1. The molecule has 4 heteroatoms. The van der Waals surface area contributed by atoms with E-state index < -0.39 is 0 Å². The van der Waals surface area contributed by atoms with Crippen molar-refractivity contribution in [3.05, 3.63) is 24.3 Å². The molecule has 0 aliphatic heterocycles. The summed E-state index contributed by atoms with van der Waals surface area (Å²) in [6, 6.07) is 8.32. The number of rotatable bonds is 6. The van der Waals surface area contributed by atoms with Gasteiger partial charge in [-0.05, 0) is 43.1 Å². The first-order valence-electron chi connectivity index (χ1n) is 6.08. The minimum absolute atomic E-state index is 0.799. The molecule has 2 N–H and O–H groups in total. The van der Waals surface area contributed by atoms with Crippen LogP contribution in [0.4, 0.5) is 5.00 Å². The highest BCUT2D eigenvalue weighted by Crippen LogP contribution is 2.30. The van der Waals surface area contributed by atoms with Gasteiger partial charge in [0.15, 0.2) is 0 Å². The fourth-order valence-electron chi connectivity index (χ4n) is 1.92. The monoisotopic (exact) mass is 249 g/mol. The summed E-state index contributed by atoms with van der Waals surface area (Å²) in [5.74, 6) is 0. The average Bonchev–Trinajstić information content (AvgIpc) is 2.78. The smallest absolute Gasteiger partial charge is 0.119 e. The van der Waals surface area contributed by atoms with Crippen molar-refractivity contribution >= 4 is 27.4 Å². The molecule has 1 aromatic carbocycles. The Bertz CT molecular complexity index is 466. The molecule has 1 aromatic heterocycles. The molecule has 0 amide bonds. The minimum Gasteiger partial charge on any atom is -0.365 e. The van der Waals surface area contributed by atoms with E-state index in [1.165, 1.54) is 23.2 Å². The van der Waals surface area contributed by atoms with E-state index >= 15 is 0 Å². The van der Waals surface area contributed by atoms with Gasteiger partial charge in [-0.25, -0.2) is 0 Å². The van der Waals surface area contributed by atoms with Crippen molar-refractivity contribution in [1.82, 2.24) is 4.37 Å². The molecule has 0 unspecified atom stereocenters. The first kappa shape index (κ1) is 12.3. The molecule has 0 radical (unpaired) electrons. The van der Waals surface area contributed by atoms with Gasteiger partial charge in [-0.2, -0.15) is 4.37 Å². The number of anilines is 1. The fraction of sp³-hybridized carbons (Fsp3) is 0.462. The van der Waals surface area contributed by atoms with Gasteiger partial charge in [0.2, 0.25) is 0 Å². The molecule has 0 fully saturated rings. The Kier molecular flexibility index (Phi) is 4.34. The van der Waals surface area contributed by atoms with Crippen LogP contribution in [0, 0.1) is 0 Å². The van der Waals surface area contributed by atoms with Crippen LogP contribution in [0.15, 0.2) is 24.3 Å². The quantitative estimate of drug-likeness (QED) is 0.800. The molecule has 92 valence electrons. The molecule has 0 spiro atoms. The second kappa shape index (κ2) is 5.98. The third-order valence-corrected chi connectivity index (χ3v) is 3.90. The maximum Gasteiger partial charge on any atom is 0.119 e. The largest absolute Gasteiger partial charge is 0.365 e. The number of unbranched alkanes of at least 4 members (excludes halogenated alkanes) is 2. The standard InChI is InChI=1S/C13H19N3S/c1-16(10-6-2-5-9-14)13-11-7-3-4-8-12(11)15-17-13/h3-4,7-8H,2,5-6,9-10,14H2,1H3. The summed E-state index contributed by atoms with van der Waals surface area (Å²) < 4.78 is 4.46. The summed E-state index contributed by atoms with van der Waals surface area (Å²) in [4.78, 5) is 2.30. The second-order valence-corrected chi connectivity index (χ2v) is 5.03. The predicted octanol–water partition coefficient (Wildman–Crippen LogP) is 2.86. The van der Waals surface area contributed by atoms with Gasteiger partial charge >= 0.3 is 0 Å². The summed E-state index contributed by atoms with van der Waals surface area (Å²) in [5, 5.41) is 2.53. The van der Waals surface area contributed by atoms with Gasteiger partial charge in [-0.15, -0.1) is 0 Å². The van der Waals surface area contributed by atoms with Crippen molar-refractivity contribution in [1.29, 1.82) is 0 Å². The number of nitrogens with two attached hydrogens (primary N) is 1. The lowest BCUT2D eigenvalue weighted by Crippen LogP contribution is -2.17. The third kappa shape index (κ3) is 2.96. The van der Waals surface area contributed by atoms with E-state index in [9.17, 15) is 0 Å². The SMILES string of the molecule is CN(CCCCCN)c1snc2ccccc12. The zero-order valence-electron chi connectivity index (χ0n) is 10.2. The van der Waals surface area contributed by atoms with Gasteiger partial charge in [0, 0.05) is 19.0 Å². The van der Waals surface area contributed by atoms with E-state index in [4.69, 9.17) is 5.73 Å². The van der Waals surface area contributed by atoms with Crippen LogP contribution < -0.4 is 10.6 Å². The van der Waals surface area contributed by atoms with E-state index in [0.29, 0.717) is 0 Å². The van der Waals surface area contributed by atoms with Crippen molar-refractivity contribution in [2.75, 3.05) is 25.0 Å². The van der Waals surface area contributed by atoms with Crippen molar-refractivity contribution < 1.29 is 0 Å². The molecule has 17 heavy (non-hydrogen) atoms. The topological polar surface area (TPSA) is 42.1 Å². The molecule has 1 heterocycles. The van der Waals surface area contributed by atoms with Gasteiger partial charge < -0.3 is 10.6 Å². The number of nitrogens with zero attached hydrogens (tertiary/aromatic N) is 2. The molecule has 0 atom stereocenters. The number of fused-ring (bicyclic) bond motifs is 1. The first-order chi connectivity index (χ1) is 8.33. The van der Waals surface area contributed by atoms with Crippen molar-refractivity contribution in [3.8, 4) is 0 Å². The minimum atomic E-state index is 0.799. The molecule has 3 nitrogen and oxygen atoms in total. The lowest BCUT2D eigenvalue weighted by atomic mass is 10.2. The molecule has 0 aliphatic rings. The molecular weight excluding hydrogens is 230 g/mol. The average molecular weight is 249 g/mol. The summed E-state index contributed by atoms with van der Waals surface area (Å²) in [6.45, 7) is 1.87. The van der Waals surface area contributed by atoms with Crippen LogP contribution in [0.2, 0.25) is 0 Å². The number of hydrogen-bond acceptors (Lipinski definition) is 4. The zero-order valence-corrected chi connectivity index (χ0v) is 11.0. The van der Waals surface area contributed by atoms with Crippen LogP contribution in [0.1, 0.15) is 19.3 Å². The molecule has 2 rings (SSSR count). The van der Waals surface area contributed by atoms with Gasteiger partial charge in [-0.3, -0.25) is 0 Å². The van der Waals surface area contributed by atoms with E-state index in [-0.39, 0.29) is 0 Å². The number of hydrogen-bond donors (Lipinski definition) is 1. The molecule has 0 saturated heterocycles. The van der Waals surface area contributed by atoms with Crippen LogP contribution in [0.25, 0.3) is 10.9 Å². The Morgan fingerprint density at radius 3 is 2.88 bits per heavy atom. The van der Waals surface area contributed by atoms with Gasteiger partial charge in [0.1, 0.15) is 5.00 Å². The molecular formula is C13H19N3S. The first-order valence-corrected chi connectivity index (χ1v) is 6.86. The summed E-state index contributed by atoms with van der Waals surface area (Å²) in [6.07, 6.45) is 3.52. The normalized spacial score (nSPS) is 10.9. The van der Waals surface area contributed by atoms with Crippen molar-refractivity contribution in [3.63, 3.8) is 0 Å². The zero-order chi connectivity index (χ0) is 12.1. The van der Waals surface area contributed by atoms with Crippen LogP contribution >= 0.6 is 11.5 Å². The van der Waals surface area contributed by atoms with Crippen molar-refractivity contribution in [2.24, 2.45) is 5.73 Å². The van der Waals surface area contributed by atoms with E-state index in [2.05, 4.69) is 34.5 Å². The molecule has 0 saturated carbocycles. The highest BCUT2D eigenvalue weighted by atomic mass is 32.1. The van der Waals surface area contributed by atoms with E-state index in [0.717, 1.165) is 25.0 Å². The Labute approximate surface area is 106 Å². The maximum atomic E-state index is 5.49. The molecule has 2 aromatic rings. The number of benzene rings is 1. The Hall–Kier alpha value is -1.13. The van der Waals surface area contributed by atoms with Gasteiger partial charge in [0.05, 0.1) is 5.52 Å². The highest BCUT2D eigenvalue weighted by Gasteiger charge is 2.09. The van der Waals surface area contributed by atoms with Crippen LogP contribution in [-0.4, -0.2) is 24.5 Å². The predicted molar refractivity (Wildman–Crippen MR) is 75.8 cm³/mol. The maximum absolute atomic E-state index is 5.49. The van der Waals surface area contributed by atoms with Crippen LogP contribution in [0.3, 0.4) is 0 Å². The summed E-state index contributed by atoms with van der Waals surface area (Å²) in [5.41, 5.74) is 6.59. The summed E-state index contributed by atoms with van der Waals surface area (Å²) in [7, 11) is 2.14. The molecule has 0 bridgehead atoms. The lowest BCUT2D eigenvalue weighted by Gasteiger charge is -2.16. The lowest BCUT2D eigenvalue weighted by molar-refractivity contribution is 0.681. The highest BCUT2D eigenvalue weighted by molar-refractivity contribution is 7.11.